The van der Waals surface area contributed by atoms with Gasteiger partial charge in [0.15, 0.2) is 11.5 Å². The molecular weight excluding hydrogens is 386 g/mol. The molecule has 3 aromatic rings. The minimum absolute atomic E-state index is 0.157. The van der Waals surface area contributed by atoms with E-state index in [1.54, 1.807) is 7.11 Å². The third kappa shape index (κ3) is 5.32. The first-order valence-electron chi connectivity index (χ1n) is 11.0. The molecule has 1 saturated carbocycles. The zero-order valence-corrected chi connectivity index (χ0v) is 18.0. The van der Waals surface area contributed by atoms with Gasteiger partial charge in [-0.2, -0.15) is 0 Å². The van der Waals surface area contributed by atoms with Gasteiger partial charge in [-0.05, 0) is 78.6 Å². The van der Waals surface area contributed by atoms with Crippen molar-refractivity contribution < 1.29 is 14.3 Å². The van der Waals surface area contributed by atoms with Crippen molar-refractivity contribution in [1.29, 1.82) is 0 Å². The van der Waals surface area contributed by atoms with E-state index in [0.717, 1.165) is 42.6 Å². The van der Waals surface area contributed by atoms with Crippen molar-refractivity contribution in [3.63, 3.8) is 0 Å². The Bertz CT molecular complexity index is 979. The standard InChI is InChI=1S/C27H29NO3/c1-30-26-11-10-23(19-27(26)31-24-4-2-3-5-24)25(18-21-12-15-28-16-13-21)22-8-6-20(7-9-22)14-17-29/h6-13,15-17,19,24-25H,2-5,14,18H2,1H3. The summed E-state index contributed by atoms with van der Waals surface area (Å²) < 4.78 is 11.9. The summed E-state index contributed by atoms with van der Waals surface area (Å²) in [5, 5.41) is 0. The van der Waals surface area contributed by atoms with E-state index in [0.29, 0.717) is 6.42 Å². The number of carbonyl (C=O) groups excluding carboxylic acids is 1. The average molecular weight is 416 g/mol. The quantitative estimate of drug-likeness (QED) is 0.431. The van der Waals surface area contributed by atoms with Gasteiger partial charge in [0, 0.05) is 24.7 Å². The van der Waals surface area contributed by atoms with Crippen LogP contribution in [-0.2, 0) is 17.6 Å². The first-order valence-corrected chi connectivity index (χ1v) is 11.0. The smallest absolute Gasteiger partial charge is 0.161 e. The van der Waals surface area contributed by atoms with Crippen LogP contribution in [0.2, 0.25) is 0 Å². The second kappa shape index (κ2) is 10.3. The summed E-state index contributed by atoms with van der Waals surface area (Å²) in [7, 11) is 1.69. The molecule has 0 bridgehead atoms. The van der Waals surface area contributed by atoms with Gasteiger partial charge in [-0.1, -0.05) is 30.3 Å². The number of aromatic nitrogens is 1. The Hall–Kier alpha value is -3.14. The van der Waals surface area contributed by atoms with E-state index in [-0.39, 0.29) is 12.0 Å². The molecule has 1 atom stereocenters. The van der Waals surface area contributed by atoms with E-state index in [1.807, 2.05) is 30.6 Å². The zero-order chi connectivity index (χ0) is 21.5. The normalized spacial score (nSPS) is 14.9. The van der Waals surface area contributed by atoms with Crippen molar-refractivity contribution in [2.24, 2.45) is 0 Å². The molecule has 1 fully saturated rings. The number of benzene rings is 2. The Morgan fingerprint density at radius 1 is 0.935 bits per heavy atom. The summed E-state index contributed by atoms with van der Waals surface area (Å²) >= 11 is 0. The minimum atomic E-state index is 0.157. The Morgan fingerprint density at radius 2 is 1.65 bits per heavy atom. The van der Waals surface area contributed by atoms with Crippen molar-refractivity contribution in [3.8, 4) is 11.5 Å². The number of carbonyl (C=O) groups is 1. The Kier molecular flexibility index (Phi) is 6.98. The number of aldehydes is 1. The zero-order valence-electron chi connectivity index (χ0n) is 18.0. The van der Waals surface area contributed by atoms with Crippen LogP contribution in [0.25, 0.3) is 0 Å². The first kappa shape index (κ1) is 21.1. The lowest BCUT2D eigenvalue weighted by molar-refractivity contribution is -0.107. The lowest BCUT2D eigenvalue weighted by Crippen LogP contribution is -2.12. The van der Waals surface area contributed by atoms with Gasteiger partial charge in [0.25, 0.3) is 0 Å². The van der Waals surface area contributed by atoms with Crippen LogP contribution < -0.4 is 9.47 Å². The molecule has 0 N–H and O–H groups in total. The van der Waals surface area contributed by atoms with Crippen LogP contribution in [0.5, 0.6) is 11.5 Å². The predicted octanol–water partition coefficient (Wildman–Crippen LogP) is 5.53. The first-order chi connectivity index (χ1) is 15.3. The van der Waals surface area contributed by atoms with Gasteiger partial charge in [-0.3, -0.25) is 4.98 Å². The molecule has 0 saturated heterocycles. The Morgan fingerprint density at radius 3 is 2.32 bits per heavy atom. The van der Waals surface area contributed by atoms with Gasteiger partial charge in [0.1, 0.15) is 6.29 Å². The van der Waals surface area contributed by atoms with Gasteiger partial charge >= 0.3 is 0 Å². The molecule has 4 heteroatoms. The van der Waals surface area contributed by atoms with E-state index in [9.17, 15) is 4.79 Å². The van der Waals surface area contributed by atoms with Crippen molar-refractivity contribution in [2.75, 3.05) is 7.11 Å². The van der Waals surface area contributed by atoms with Gasteiger partial charge in [0.2, 0.25) is 0 Å². The largest absolute Gasteiger partial charge is 0.493 e. The number of hydrogen-bond acceptors (Lipinski definition) is 4. The Balaban J connectivity index is 1.68. The van der Waals surface area contributed by atoms with Crippen LogP contribution >= 0.6 is 0 Å². The topological polar surface area (TPSA) is 48.4 Å². The van der Waals surface area contributed by atoms with Crippen LogP contribution in [0.3, 0.4) is 0 Å². The lowest BCUT2D eigenvalue weighted by atomic mass is 9.85. The second-order valence-corrected chi connectivity index (χ2v) is 8.16. The molecule has 31 heavy (non-hydrogen) atoms. The summed E-state index contributed by atoms with van der Waals surface area (Å²) in [5.74, 6) is 1.76. The lowest BCUT2D eigenvalue weighted by Gasteiger charge is -2.22. The fourth-order valence-electron chi connectivity index (χ4n) is 4.35. The maximum Gasteiger partial charge on any atom is 0.161 e. The number of nitrogens with zero attached hydrogens (tertiary/aromatic N) is 1. The summed E-state index contributed by atoms with van der Waals surface area (Å²) in [6.45, 7) is 0. The van der Waals surface area contributed by atoms with Crippen LogP contribution in [0, 0.1) is 0 Å². The van der Waals surface area contributed by atoms with Crippen LogP contribution in [-0.4, -0.2) is 24.5 Å². The molecule has 0 radical (unpaired) electrons. The molecule has 4 rings (SSSR count). The molecule has 1 heterocycles. The molecule has 1 aliphatic carbocycles. The van der Waals surface area contributed by atoms with E-state index >= 15 is 0 Å². The Labute approximate surface area is 184 Å². The van der Waals surface area contributed by atoms with Gasteiger partial charge < -0.3 is 14.3 Å². The van der Waals surface area contributed by atoms with E-state index in [1.165, 1.54) is 29.5 Å². The highest BCUT2D eigenvalue weighted by Gasteiger charge is 2.21. The highest BCUT2D eigenvalue weighted by Crippen LogP contribution is 2.37. The predicted molar refractivity (Wildman–Crippen MR) is 122 cm³/mol. The van der Waals surface area contributed by atoms with Crippen molar-refractivity contribution in [3.05, 3.63) is 89.2 Å². The minimum Gasteiger partial charge on any atom is -0.493 e. The summed E-state index contributed by atoms with van der Waals surface area (Å²) in [6.07, 6.45) is 10.8. The molecule has 2 aromatic carbocycles. The number of methoxy groups -OCH3 is 1. The fraction of sp³-hybridized carbons (Fsp3) is 0.333. The highest BCUT2D eigenvalue weighted by molar-refractivity contribution is 5.55. The van der Waals surface area contributed by atoms with Gasteiger partial charge in [-0.25, -0.2) is 0 Å². The van der Waals surface area contributed by atoms with E-state index < -0.39 is 0 Å². The summed E-state index contributed by atoms with van der Waals surface area (Å²) in [5.41, 5.74) is 4.66. The summed E-state index contributed by atoms with van der Waals surface area (Å²) in [4.78, 5) is 15.0. The maximum absolute atomic E-state index is 10.9. The average Bonchev–Trinajstić information content (AvgIpc) is 3.32. The third-order valence-electron chi connectivity index (χ3n) is 6.08. The molecule has 0 amide bonds. The molecule has 4 nitrogen and oxygen atoms in total. The molecule has 0 aliphatic heterocycles. The van der Waals surface area contributed by atoms with Crippen molar-refractivity contribution in [1.82, 2.24) is 4.98 Å². The van der Waals surface area contributed by atoms with Crippen LogP contribution in [0.1, 0.15) is 53.9 Å². The molecular formula is C27H29NO3. The molecule has 0 spiro atoms. The van der Waals surface area contributed by atoms with Crippen LogP contribution in [0.4, 0.5) is 0 Å². The number of rotatable bonds is 9. The molecule has 1 unspecified atom stereocenters. The maximum atomic E-state index is 10.9. The third-order valence-corrected chi connectivity index (χ3v) is 6.08. The monoisotopic (exact) mass is 415 g/mol. The van der Waals surface area contributed by atoms with E-state index in [2.05, 4.69) is 41.4 Å². The van der Waals surface area contributed by atoms with Crippen molar-refractivity contribution >= 4 is 6.29 Å². The van der Waals surface area contributed by atoms with E-state index in [4.69, 9.17) is 9.47 Å². The summed E-state index contributed by atoms with van der Waals surface area (Å²) in [6, 6.07) is 18.8. The van der Waals surface area contributed by atoms with Crippen LogP contribution in [0.15, 0.2) is 67.0 Å². The van der Waals surface area contributed by atoms with Gasteiger partial charge in [-0.15, -0.1) is 0 Å². The number of pyridine rings is 1. The molecule has 1 aliphatic rings. The SMILES string of the molecule is COc1ccc(C(Cc2ccncc2)c2ccc(CC=O)cc2)cc1OC1CCCC1. The van der Waals surface area contributed by atoms with Crippen molar-refractivity contribution in [2.45, 2.75) is 50.5 Å². The number of hydrogen-bond donors (Lipinski definition) is 0. The molecule has 160 valence electrons. The second-order valence-electron chi connectivity index (χ2n) is 8.16. The highest BCUT2D eigenvalue weighted by atomic mass is 16.5. The fourth-order valence-corrected chi connectivity index (χ4v) is 4.35. The van der Waals surface area contributed by atoms with Gasteiger partial charge in [0.05, 0.1) is 13.2 Å². The number of ether oxygens (including phenoxy) is 2. The molecule has 1 aromatic heterocycles.